The Labute approximate surface area is 337 Å². The van der Waals surface area contributed by atoms with E-state index in [0.717, 1.165) is 50.7 Å². The molecule has 7 rings (SSSR count). The number of carbonyl (C=O) groups is 1. The Balaban J connectivity index is 0.920. The summed E-state index contributed by atoms with van der Waals surface area (Å²) in [4.78, 5) is 11.6. The largest absolute Gasteiger partial charge is 0.479 e. The second-order valence-electron chi connectivity index (χ2n) is 18.9. The SMILES string of the molecule is C=C1[C@@H](O)[C@@H]2O[C@]3(CC[C@H](/C=C/[C@@H](C)[C@@H]4CC(C)=C[C@@]5(O[C@H](C[C@@](C)(O)C(=O)O)CC[C@H]5O)O4)O3)CC[C@H]2O[C@@H]1[C@@H](O)C[C@H](C)[C@H]1O[C@@]2(CCCCO2)CCC1C. The summed E-state index contributed by atoms with van der Waals surface area (Å²) in [5.74, 6) is -3.82. The molecule has 1 unspecified atom stereocenters. The van der Waals surface area contributed by atoms with Crippen LogP contribution < -0.4 is 0 Å². The third kappa shape index (κ3) is 9.15. The van der Waals surface area contributed by atoms with Gasteiger partial charge in [-0.25, -0.2) is 4.79 Å². The molecule has 6 fully saturated rings. The molecule has 3 spiro atoms. The first-order chi connectivity index (χ1) is 26.9. The molecule has 0 amide bonds. The lowest BCUT2D eigenvalue weighted by atomic mass is 9.79. The third-order valence-corrected chi connectivity index (χ3v) is 14.0. The molecule has 7 aliphatic heterocycles. The molecule has 13 heteroatoms. The van der Waals surface area contributed by atoms with Crippen molar-refractivity contribution in [2.45, 2.75) is 209 Å². The monoisotopic (exact) mass is 804 g/mol. The lowest BCUT2D eigenvalue weighted by Crippen LogP contribution is -2.60. The van der Waals surface area contributed by atoms with E-state index in [1.807, 2.05) is 19.9 Å². The topological polar surface area (TPSA) is 183 Å². The summed E-state index contributed by atoms with van der Waals surface area (Å²) < 4.78 is 45.2. The lowest BCUT2D eigenvalue weighted by molar-refractivity contribution is -0.321. The Bertz CT molecular complexity index is 1510. The van der Waals surface area contributed by atoms with Gasteiger partial charge in [0, 0.05) is 38.0 Å². The molecule has 0 saturated carbocycles. The van der Waals surface area contributed by atoms with Gasteiger partial charge >= 0.3 is 5.97 Å². The Morgan fingerprint density at radius 1 is 1.00 bits per heavy atom. The number of aliphatic hydroxyl groups excluding tert-OH is 3. The molecule has 13 nitrogen and oxygen atoms in total. The van der Waals surface area contributed by atoms with Gasteiger partial charge in [0.2, 0.25) is 5.79 Å². The fraction of sp³-hybridized carbons (Fsp3) is 0.841. The van der Waals surface area contributed by atoms with Crippen LogP contribution >= 0.6 is 0 Å². The molecule has 5 N–H and O–H groups in total. The summed E-state index contributed by atoms with van der Waals surface area (Å²) in [6, 6.07) is 0. The van der Waals surface area contributed by atoms with Crippen molar-refractivity contribution in [3.05, 3.63) is 36.0 Å². The number of carboxylic acid groups (broad SMARTS) is 1. The van der Waals surface area contributed by atoms with Crippen molar-refractivity contribution in [3.63, 3.8) is 0 Å². The van der Waals surface area contributed by atoms with Crippen LogP contribution in [0.3, 0.4) is 0 Å². The van der Waals surface area contributed by atoms with Crippen LogP contribution in [0.25, 0.3) is 0 Å². The number of fused-ring (bicyclic) bond motifs is 1. The minimum Gasteiger partial charge on any atom is -0.479 e. The standard InChI is InChI=1S/C44H68O13/c1-25-21-34(55-44(23-25)35(46)12-11-31(54-44)24-41(6,50)40(48)49)26(2)9-10-30-14-18-43(53-30)19-15-33-39(57-43)36(47)29(5)38(52-33)32(45)22-28(4)37-27(3)13-17-42(56-37)16-7-8-20-51-42/h9-10,23,26-28,30-39,45-47,50H,5,7-8,11-22,24H2,1-4,6H3,(H,48,49)/b10-9+/t26-,27?,28+,30+,31+,32+,33-,34+,35-,36-,37+,38+,39-,41-,42+,43-,44-/m1/s1. The summed E-state index contributed by atoms with van der Waals surface area (Å²) >= 11 is 0. The number of hydrogen-bond donors (Lipinski definition) is 5. The van der Waals surface area contributed by atoms with Gasteiger partial charge in [0.25, 0.3) is 0 Å². The first kappa shape index (κ1) is 43.3. The molecular formula is C44H68O13. The van der Waals surface area contributed by atoms with Gasteiger partial charge in [-0.05, 0) is 95.1 Å². The van der Waals surface area contributed by atoms with E-state index >= 15 is 0 Å². The van der Waals surface area contributed by atoms with Crippen LogP contribution in [0.1, 0.15) is 125 Å². The van der Waals surface area contributed by atoms with Crippen molar-refractivity contribution in [1.82, 2.24) is 0 Å². The lowest BCUT2D eigenvalue weighted by Gasteiger charge is -2.50. The Kier molecular flexibility index (Phi) is 12.9. The average molecular weight is 805 g/mol. The van der Waals surface area contributed by atoms with Crippen molar-refractivity contribution in [2.24, 2.45) is 17.8 Å². The number of aliphatic carboxylic acids is 1. The molecule has 57 heavy (non-hydrogen) atoms. The van der Waals surface area contributed by atoms with Gasteiger partial charge in [-0.3, -0.25) is 0 Å². The Morgan fingerprint density at radius 2 is 1.75 bits per heavy atom. The summed E-state index contributed by atoms with van der Waals surface area (Å²) in [5, 5.41) is 54.0. The molecule has 0 bridgehead atoms. The van der Waals surface area contributed by atoms with Gasteiger partial charge in [0.05, 0.1) is 43.2 Å². The molecule has 7 aliphatic rings. The number of carboxylic acids is 1. The van der Waals surface area contributed by atoms with Crippen molar-refractivity contribution in [1.29, 1.82) is 0 Å². The molecule has 17 atom stereocenters. The molecule has 322 valence electrons. The number of aliphatic hydroxyl groups is 4. The maximum atomic E-state index is 11.6. The molecule has 0 aliphatic carbocycles. The molecule has 0 aromatic rings. The Hall–Kier alpha value is -1.75. The minimum absolute atomic E-state index is 0.0423. The third-order valence-electron chi connectivity index (χ3n) is 14.0. The molecule has 0 aromatic heterocycles. The zero-order valence-corrected chi connectivity index (χ0v) is 34.6. The van der Waals surface area contributed by atoms with Gasteiger partial charge in [-0.15, -0.1) is 0 Å². The fourth-order valence-electron chi connectivity index (χ4n) is 10.5. The van der Waals surface area contributed by atoms with Crippen molar-refractivity contribution in [3.8, 4) is 0 Å². The van der Waals surface area contributed by atoms with E-state index in [1.165, 1.54) is 6.92 Å². The second kappa shape index (κ2) is 17.0. The van der Waals surface area contributed by atoms with Crippen LogP contribution in [0.2, 0.25) is 0 Å². The number of rotatable bonds is 10. The Morgan fingerprint density at radius 3 is 2.49 bits per heavy atom. The maximum Gasteiger partial charge on any atom is 0.335 e. The predicted molar refractivity (Wildman–Crippen MR) is 208 cm³/mol. The van der Waals surface area contributed by atoms with E-state index in [-0.39, 0.29) is 36.6 Å². The fourth-order valence-corrected chi connectivity index (χ4v) is 10.5. The van der Waals surface area contributed by atoms with Gasteiger partial charge in [0.1, 0.15) is 24.4 Å². The van der Waals surface area contributed by atoms with Gasteiger partial charge in [0.15, 0.2) is 17.2 Å². The number of ether oxygens (including phenoxy) is 7. The highest BCUT2D eigenvalue weighted by Gasteiger charge is 2.55. The van der Waals surface area contributed by atoms with Crippen LogP contribution in [-0.4, -0.2) is 122 Å². The van der Waals surface area contributed by atoms with Crippen molar-refractivity contribution >= 4 is 5.97 Å². The van der Waals surface area contributed by atoms with Crippen LogP contribution in [-0.2, 0) is 38.0 Å². The maximum absolute atomic E-state index is 11.6. The summed E-state index contributed by atoms with van der Waals surface area (Å²) in [5.41, 5.74) is -0.551. The first-order valence-corrected chi connectivity index (χ1v) is 21.7. The average Bonchev–Trinajstić information content (AvgIpc) is 3.56. The second-order valence-corrected chi connectivity index (χ2v) is 18.9. The van der Waals surface area contributed by atoms with Gasteiger partial charge < -0.3 is 58.7 Å². The molecular weight excluding hydrogens is 736 g/mol. The molecule has 0 aromatic carbocycles. The van der Waals surface area contributed by atoms with E-state index in [4.69, 9.17) is 33.2 Å². The smallest absolute Gasteiger partial charge is 0.335 e. The zero-order chi connectivity index (χ0) is 40.9. The molecule has 0 radical (unpaired) electrons. The molecule has 6 saturated heterocycles. The first-order valence-electron chi connectivity index (χ1n) is 21.7. The quantitative estimate of drug-likeness (QED) is 0.182. The highest BCUT2D eigenvalue weighted by Crippen LogP contribution is 2.47. The van der Waals surface area contributed by atoms with E-state index in [0.29, 0.717) is 56.4 Å². The van der Waals surface area contributed by atoms with Crippen molar-refractivity contribution < 1.29 is 63.5 Å². The highest BCUT2D eigenvalue weighted by molar-refractivity contribution is 5.76. The van der Waals surface area contributed by atoms with Gasteiger partial charge in [-0.2, -0.15) is 0 Å². The highest BCUT2D eigenvalue weighted by atomic mass is 16.7. The van der Waals surface area contributed by atoms with E-state index < -0.39 is 71.7 Å². The summed E-state index contributed by atoms with van der Waals surface area (Å²) in [6.45, 7) is 14.5. The van der Waals surface area contributed by atoms with Crippen molar-refractivity contribution in [2.75, 3.05) is 6.61 Å². The van der Waals surface area contributed by atoms with Crippen LogP contribution in [0, 0.1) is 17.8 Å². The van der Waals surface area contributed by atoms with Gasteiger partial charge in [-0.1, -0.05) is 45.1 Å². The summed E-state index contributed by atoms with van der Waals surface area (Å²) in [7, 11) is 0. The van der Waals surface area contributed by atoms with E-state index in [2.05, 4.69) is 26.5 Å². The number of hydrogen-bond acceptors (Lipinski definition) is 12. The minimum atomic E-state index is -1.96. The summed E-state index contributed by atoms with van der Waals surface area (Å²) in [6.07, 6.45) is 9.37. The zero-order valence-electron chi connectivity index (χ0n) is 34.6. The predicted octanol–water partition coefficient (Wildman–Crippen LogP) is 5.21. The van der Waals surface area contributed by atoms with E-state index in [9.17, 15) is 30.3 Å². The van der Waals surface area contributed by atoms with Crippen LogP contribution in [0.5, 0.6) is 0 Å². The van der Waals surface area contributed by atoms with E-state index in [1.54, 1.807) is 6.08 Å². The van der Waals surface area contributed by atoms with Crippen LogP contribution in [0.4, 0.5) is 0 Å². The molecule has 7 heterocycles. The van der Waals surface area contributed by atoms with Crippen LogP contribution in [0.15, 0.2) is 36.0 Å². The normalized spacial score (nSPS) is 45.4.